The Morgan fingerprint density at radius 3 is 2.39 bits per heavy atom. The van der Waals surface area contributed by atoms with Crippen molar-refractivity contribution in [1.82, 2.24) is 24.1 Å². The number of benzene rings is 1. The molecule has 1 aliphatic heterocycles. The zero-order valence-corrected chi connectivity index (χ0v) is 17.9. The summed E-state index contributed by atoms with van der Waals surface area (Å²) in [5, 5.41) is 4.63. The summed E-state index contributed by atoms with van der Waals surface area (Å²) < 4.78 is 10.1. The van der Waals surface area contributed by atoms with Crippen molar-refractivity contribution in [2.24, 2.45) is 0 Å². The fourth-order valence-corrected chi connectivity index (χ4v) is 3.47. The van der Waals surface area contributed by atoms with Crippen LogP contribution in [0.4, 0.5) is 4.79 Å². The number of rotatable bonds is 4. The molecule has 1 saturated heterocycles. The molecule has 7 nitrogen and oxygen atoms in total. The van der Waals surface area contributed by atoms with Gasteiger partial charge in [-0.3, -0.25) is 9.47 Å². The van der Waals surface area contributed by atoms with Crippen LogP contribution >= 0.6 is 12.2 Å². The van der Waals surface area contributed by atoms with E-state index >= 15 is 0 Å². The zero-order valence-electron chi connectivity index (χ0n) is 17.1. The third-order valence-electron chi connectivity index (χ3n) is 4.65. The number of ether oxygens (including phenoxy) is 1. The van der Waals surface area contributed by atoms with Crippen LogP contribution in [0, 0.1) is 11.7 Å². The third kappa shape index (κ3) is 5.20. The number of nitrogens with zero attached hydrogens (tertiary/aromatic N) is 5. The first-order valence-corrected chi connectivity index (χ1v) is 10.0. The van der Waals surface area contributed by atoms with Gasteiger partial charge in [-0.25, -0.2) is 9.48 Å². The Morgan fingerprint density at radius 1 is 1.14 bits per heavy atom. The van der Waals surface area contributed by atoms with E-state index in [0.717, 1.165) is 30.2 Å². The molecule has 1 aromatic carbocycles. The van der Waals surface area contributed by atoms with Gasteiger partial charge in [-0.2, -0.15) is 5.10 Å². The molecule has 1 amide bonds. The second kappa shape index (κ2) is 8.45. The molecule has 0 unspecified atom stereocenters. The van der Waals surface area contributed by atoms with Crippen LogP contribution in [-0.4, -0.2) is 62.0 Å². The standard InChI is InChI=1S/C20H29N5O2S/c1-16-21-25(18(28)24(16)14-17-8-6-5-7-9-17)15-22-10-12-23(13-11-22)19(26)27-20(2,3)4/h5-9H,10-15H2,1-4H3. The van der Waals surface area contributed by atoms with Gasteiger partial charge in [0.05, 0.1) is 13.2 Å². The summed E-state index contributed by atoms with van der Waals surface area (Å²) in [5.74, 6) is 0.904. The molecule has 3 rings (SSSR count). The van der Waals surface area contributed by atoms with E-state index in [0.29, 0.717) is 19.8 Å². The van der Waals surface area contributed by atoms with Crippen LogP contribution in [-0.2, 0) is 18.0 Å². The molecule has 0 N–H and O–H groups in total. The summed E-state index contributed by atoms with van der Waals surface area (Å²) >= 11 is 5.66. The lowest BCUT2D eigenvalue weighted by Crippen LogP contribution is -2.50. The first kappa shape index (κ1) is 20.5. The van der Waals surface area contributed by atoms with Gasteiger partial charge in [0.25, 0.3) is 0 Å². The second-order valence-electron chi connectivity index (χ2n) is 8.13. The SMILES string of the molecule is Cc1nn(CN2CCN(C(=O)OC(C)(C)C)CC2)c(=S)n1Cc1ccccc1. The first-order valence-electron chi connectivity index (χ1n) is 9.61. The van der Waals surface area contributed by atoms with Crippen molar-refractivity contribution >= 4 is 18.3 Å². The predicted octanol–water partition coefficient (Wildman–Crippen LogP) is 3.28. The Kier molecular flexibility index (Phi) is 6.20. The number of amides is 1. The van der Waals surface area contributed by atoms with Gasteiger partial charge in [0, 0.05) is 26.2 Å². The van der Waals surface area contributed by atoms with E-state index < -0.39 is 5.60 Å². The summed E-state index contributed by atoms with van der Waals surface area (Å²) in [5.41, 5.74) is 0.733. The first-order chi connectivity index (χ1) is 13.2. The number of hydrogen-bond acceptors (Lipinski definition) is 5. The van der Waals surface area contributed by atoms with Crippen LogP contribution in [0.15, 0.2) is 30.3 Å². The highest BCUT2D eigenvalue weighted by atomic mass is 32.1. The van der Waals surface area contributed by atoms with Crippen molar-refractivity contribution in [3.63, 3.8) is 0 Å². The molecule has 1 fully saturated rings. The summed E-state index contributed by atoms with van der Waals surface area (Å²) in [7, 11) is 0. The number of hydrogen-bond donors (Lipinski definition) is 0. The molecule has 0 spiro atoms. The summed E-state index contributed by atoms with van der Waals surface area (Å²) in [6, 6.07) is 10.3. The molecule has 8 heteroatoms. The Morgan fingerprint density at radius 2 is 1.79 bits per heavy atom. The van der Waals surface area contributed by atoms with E-state index in [4.69, 9.17) is 17.0 Å². The summed E-state index contributed by atoms with van der Waals surface area (Å²) in [6.07, 6.45) is -0.244. The van der Waals surface area contributed by atoms with Gasteiger partial charge in [-0.05, 0) is 45.5 Å². The van der Waals surface area contributed by atoms with Crippen LogP contribution in [0.5, 0.6) is 0 Å². The fourth-order valence-electron chi connectivity index (χ4n) is 3.18. The minimum atomic E-state index is -0.468. The van der Waals surface area contributed by atoms with Crippen LogP contribution in [0.25, 0.3) is 0 Å². The second-order valence-corrected chi connectivity index (χ2v) is 8.49. The number of aryl methyl sites for hydroxylation is 1. The molecule has 0 radical (unpaired) electrons. The Labute approximate surface area is 171 Å². The van der Waals surface area contributed by atoms with Gasteiger partial charge in [0.2, 0.25) is 0 Å². The smallest absolute Gasteiger partial charge is 0.410 e. The highest BCUT2D eigenvalue weighted by Gasteiger charge is 2.26. The topological polar surface area (TPSA) is 55.5 Å². The Bertz CT molecular complexity index is 861. The lowest BCUT2D eigenvalue weighted by molar-refractivity contribution is 0.0113. The van der Waals surface area contributed by atoms with Gasteiger partial charge in [0.1, 0.15) is 11.4 Å². The highest BCUT2D eigenvalue weighted by molar-refractivity contribution is 7.71. The van der Waals surface area contributed by atoms with E-state index in [1.54, 1.807) is 4.90 Å². The molecular formula is C20H29N5O2S. The molecule has 1 aliphatic rings. The zero-order chi connectivity index (χ0) is 20.3. The van der Waals surface area contributed by atoms with Crippen molar-refractivity contribution in [3.05, 3.63) is 46.5 Å². The van der Waals surface area contributed by atoms with Crippen molar-refractivity contribution in [2.45, 2.75) is 46.5 Å². The maximum Gasteiger partial charge on any atom is 0.410 e. The molecule has 2 heterocycles. The van der Waals surface area contributed by atoms with Gasteiger partial charge in [-0.15, -0.1) is 0 Å². The van der Waals surface area contributed by atoms with E-state index in [-0.39, 0.29) is 6.09 Å². The molecule has 0 aliphatic carbocycles. The average molecular weight is 404 g/mol. The van der Waals surface area contributed by atoms with Gasteiger partial charge >= 0.3 is 6.09 Å². The monoisotopic (exact) mass is 403 g/mol. The minimum Gasteiger partial charge on any atom is -0.444 e. The molecule has 2 aromatic rings. The summed E-state index contributed by atoms with van der Waals surface area (Å²) in [6.45, 7) is 11.8. The molecule has 0 bridgehead atoms. The van der Waals surface area contributed by atoms with Gasteiger partial charge in [-0.1, -0.05) is 30.3 Å². The van der Waals surface area contributed by atoms with Gasteiger partial charge < -0.3 is 9.64 Å². The molecular weight excluding hydrogens is 374 g/mol. The van der Waals surface area contributed by atoms with E-state index in [9.17, 15) is 4.79 Å². The average Bonchev–Trinajstić information content (AvgIpc) is 2.89. The molecule has 28 heavy (non-hydrogen) atoms. The highest BCUT2D eigenvalue weighted by Crippen LogP contribution is 2.13. The maximum atomic E-state index is 12.2. The van der Waals surface area contributed by atoms with Crippen LogP contribution in [0.1, 0.15) is 32.2 Å². The number of aromatic nitrogens is 3. The Balaban J connectivity index is 1.59. The van der Waals surface area contributed by atoms with E-state index in [1.165, 1.54) is 5.56 Å². The lowest BCUT2D eigenvalue weighted by Gasteiger charge is -2.35. The summed E-state index contributed by atoms with van der Waals surface area (Å²) in [4.78, 5) is 16.2. The van der Waals surface area contributed by atoms with E-state index in [1.807, 2.05) is 50.6 Å². The molecule has 152 valence electrons. The number of carbonyl (C=O) groups is 1. The quantitative estimate of drug-likeness (QED) is 0.734. The van der Waals surface area contributed by atoms with Crippen molar-refractivity contribution in [2.75, 3.05) is 26.2 Å². The van der Waals surface area contributed by atoms with Crippen LogP contribution < -0.4 is 0 Å². The van der Waals surface area contributed by atoms with E-state index in [2.05, 4.69) is 26.7 Å². The number of piperazine rings is 1. The molecule has 0 atom stereocenters. The minimum absolute atomic E-state index is 0.244. The van der Waals surface area contributed by atoms with Gasteiger partial charge in [0.15, 0.2) is 4.77 Å². The molecule has 0 saturated carbocycles. The fraction of sp³-hybridized carbons (Fsp3) is 0.550. The lowest BCUT2D eigenvalue weighted by atomic mass is 10.2. The normalized spacial score (nSPS) is 15.6. The maximum absolute atomic E-state index is 12.2. The van der Waals surface area contributed by atoms with Crippen molar-refractivity contribution in [1.29, 1.82) is 0 Å². The molecule has 1 aromatic heterocycles. The number of carbonyl (C=O) groups excluding carboxylic acids is 1. The van der Waals surface area contributed by atoms with Crippen molar-refractivity contribution < 1.29 is 9.53 Å². The van der Waals surface area contributed by atoms with Crippen LogP contribution in [0.3, 0.4) is 0 Å². The predicted molar refractivity (Wildman–Crippen MR) is 111 cm³/mol. The Hall–Kier alpha value is -2.19. The third-order valence-corrected chi connectivity index (χ3v) is 5.08. The van der Waals surface area contributed by atoms with Crippen molar-refractivity contribution in [3.8, 4) is 0 Å². The van der Waals surface area contributed by atoms with Crippen LogP contribution in [0.2, 0.25) is 0 Å². The largest absolute Gasteiger partial charge is 0.444 e.